The van der Waals surface area contributed by atoms with Crippen molar-refractivity contribution in [1.29, 1.82) is 0 Å². The quantitative estimate of drug-likeness (QED) is 0.747. The van der Waals surface area contributed by atoms with Crippen LogP contribution in [-0.2, 0) is 12.5 Å². The van der Waals surface area contributed by atoms with Crippen molar-refractivity contribution in [3.63, 3.8) is 0 Å². The van der Waals surface area contributed by atoms with Gasteiger partial charge in [0, 0.05) is 10.9 Å². The van der Waals surface area contributed by atoms with Crippen LogP contribution in [0.25, 0.3) is 0 Å². The van der Waals surface area contributed by atoms with Crippen LogP contribution in [-0.4, -0.2) is 7.11 Å². The Labute approximate surface area is 122 Å². The van der Waals surface area contributed by atoms with Crippen molar-refractivity contribution in [2.24, 2.45) is 0 Å². The van der Waals surface area contributed by atoms with E-state index in [1.807, 2.05) is 42.5 Å². The lowest BCUT2D eigenvalue weighted by atomic mass is 10.2. The Kier molecular flexibility index (Phi) is 4.94. The molecule has 0 radical (unpaired) electrons. The van der Waals surface area contributed by atoms with Gasteiger partial charge >= 0.3 is 0 Å². The van der Waals surface area contributed by atoms with E-state index >= 15 is 0 Å². The second-order valence-electron chi connectivity index (χ2n) is 4.03. The van der Waals surface area contributed by atoms with E-state index in [1.165, 1.54) is 0 Å². The van der Waals surface area contributed by atoms with Crippen molar-refractivity contribution in [2.75, 3.05) is 7.11 Å². The van der Waals surface area contributed by atoms with Crippen LogP contribution in [0.4, 0.5) is 0 Å². The molecule has 0 aliphatic carbocycles. The topological polar surface area (TPSA) is 18.5 Å². The van der Waals surface area contributed by atoms with Gasteiger partial charge in [-0.3, -0.25) is 0 Å². The molecule has 19 heavy (non-hydrogen) atoms. The number of alkyl halides is 1. The number of hydrogen-bond acceptors (Lipinski definition) is 2. The van der Waals surface area contributed by atoms with Crippen molar-refractivity contribution >= 4 is 23.2 Å². The summed E-state index contributed by atoms with van der Waals surface area (Å²) in [7, 11) is 1.61. The van der Waals surface area contributed by atoms with Gasteiger partial charge in [0.1, 0.15) is 6.61 Å². The average Bonchev–Trinajstić information content (AvgIpc) is 2.46. The van der Waals surface area contributed by atoms with E-state index in [0.717, 1.165) is 11.1 Å². The minimum absolute atomic E-state index is 0.452. The van der Waals surface area contributed by atoms with Crippen LogP contribution in [0.2, 0.25) is 5.02 Å². The number of benzene rings is 2. The third-order valence-corrected chi connectivity index (χ3v) is 3.25. The van der Waals surface area contributed by atoms with E-state index in [2.05, 4.69) is 0 Å². The molecule has 100 valence electrons. The van der Waals surface area contributed by atoms with Gasteiger partial charge in [-0.05, 0) is 35.4 Å². The largest absolute Gasteiger partial charge is 0.493 e. The van der Waals surface area contributed by atoms with E-state index < -0.39 is 0 Å². The molecular formula is C15H14Cl2O2. The molecule has 2 nitrogen and oxygen atoms in total. The minimum Gasteiger partial charge on any atom is -0.493 e. The first-order chi connectivity index (χ1) is 9.22. The van der Waals surface area contributed by atoms with Gasteiger partial charge in [-0.1, -0.05) is 29.8 Å². The molecule has 2 rings (SSSR count). The summed E-state index contributed by atoms with van der Waals surface area (Å²) in [6, 6.07) is 13.2. The van der Waals surface area contributed by atoms with E-state index in [-0.39, 0.29) is 0 Å². The summed E-state index contributed by atoms with van der Waals surface area (Å²) >= 11 is 11.6. The fourth-order valence-corrected chi connectivity index (χ4v) is 1.95. The van der Waals surface area contributed by atoms with E-state index in [1.54, 1.807) is 7.11 Å². The minimum atomic E-state index is 0.452. The van der Waals surface area contributed by atoms with E-state index in [0.29, 0.717) is 29.0 Å². The summed E-state index contributed by atoms with van der Waals surface area (Å²) in [5, 5.41) is 0.716. The number of hydrogen-bond donors (Lipinski definition) is 0. The zero-order valence-corrected chi connectivity index (χ0v) is 12.0. The first-order valence-corrected chi connectivity index (χ1v) is 6.74. The van der Waals surface area contributed by atoms with Gasteiger partial charge < -0.3 is 9.47 Å². The maximum Gasteiger partial charge on any atom is 0.161 e. The van der Waals surface area contributed by atoms with Crippen LogP contribution < -0.4 is 9.47 Å². The average molecular weight is 297 g/mol. The molecule has 0 amide bonds. The second-order valence-corrected chi connectivity index (χ2v) is 4.74. The fourth-order valence-electron chi connectivity index (χ4n) is 1.66. The van der Waals surface area contributed by atoms with Crippen molar-refractivity contribution < 1.29 is 9.47 Å². The molecular weight excluding hydrogens is 283 g/mol. The van der Waals surface area contributed by atoms with Crippen molar-refractivity contribution in [1.82, 2.24) is 0 Å². The number of rotatable bonds is 5. The molecule has 0 aliphatic heterocycles. The summed E-state index contributed by atoms with van der Waals surface area (Å²) in [5.74, 6) is 1.84. The zero-order chi connectivity index (χ0) is 13.7. The molecule has 0 saturated heterocycles. The Bertz CT molecular complexity index is 538. The molecule has 0 N–H and O–H groups in total. The Morgan fingerprint density at radius 3 is 2.26 bits per heavy atom. The highest BCUT2D eigenvalue weighted by Crippen LogP contribution is 2.29. The summed E-state index contributed by atoms with van der Waals surface area (Å²) in [4.78, 5) is 0. The molecule has 0 aliphatic rings. The third-order valence-electron chi connectivity index (χ3n) is 2.69. The molecule has 0 saturated carbocycles. The first-order valence-electron chi connectivity index (χ1n) is 5.83. The molecule has 0 heterocycles. The Morgan fingerprint density at radius 1 is 0.947 bits per heavy atom. The monoisotopic (exact) mass is 296 g/mol. The van der Waals surface area contributed by atoms with Gasteiger partial charge in [-0.2, -0.15) is 0 Å². The second kappa shape index (κ2) is 6.69. The maximum atomic E-state index is 5.84. The molecule has 0 unspecified atom stereocenters. The van der Waals surface area contributed by atoms with E-state index in [4.69, 9.17) is 32.7 Å². The molecule has 2 aromatic carbocycles. The third kappa shape index (κ3) is 3.79. The predicted octanol–water partition coefficient (Wildman–Crippen LogP) is 4.67. The maximum absolute atomic E-state index is 5.84. The highest BCUT2D eigenvalue weighted by atomic mass is 35.5. The van der Waals surface area contributed by atoms with Gasteiger partial charge in [0.15, 0.2) is 11.5 Å². The molecule has 2 aromatic rings. The van der Waals surface area contributed by atoms with Gasteiger partial charge in [-0.15, -0.1) is 11.6 Å². The summed E-state index contributed by atoms with van der Waals surface area (Å²) < 4.78 is 11.0. The molecule has 0 fully saturated rings. The lowest BCUT2D eigenvalue weighted by Gasteiger charge is -2.11. The van der Waals surface area contributed by atoms with Crippen molar-refractivity contribution in [2.45, 2.75) is 12.5 Å². The molecule has 0 atom stereocenters. The van der Waals surface area contributed by atoms with Crippen LogP contribution in [0.3, 0.4) is 0 Å². The zero-order valence-electron chi connectivity index (χ0n) is 10.5. The Morgan fingerprint density at radius 2 is 1.63 bits per heavy atom. The highest BCUT2D eigenvalue weighted by molar-refractivity contribution is 6.30. The van der Waals surface area contributed by atoms with Gasteiger partial charge in [-0.25, -0.2) is 0 Å². The van der Waals surface area contributed by atoms with Crippen LogP contribution in [0, 0.1) is 0 Å². The smallest absolute Gasteiger partial charge is 0.161 e. The van der Waals surface area contributed by atoms with Crippen molar-refractivity contribution in [3.05, 3.63) is 58.6 Å². The predicted molar refractivity (Wildman–Crippen MR) is 78.3 cm³/mol. The molecule has 0 spiro atoms. The first kappa shape index (κ1) is 14.0. The normalized spacial score (nSPS) is 10.3. The van der Waals surface area contributed by atoms with Crippen LogP contribution in [0.1, 0.15) is 11.1 Å². The SMILES string of the molecule is COc1cc(CCl)ccc1OCc1ccc(Cl)cc1. The lowest BCUT2D eigenvalue weighted by molar-refractivity contribution is 0.284. The van der Waals surface area contributed by atoms with Crippen LogP contribution >= 0.6 is 23.2 Å². The fraction of sp³-hybridized carbons (Fsp3) is 0.200. The summed E-state index contributed by atoms with van der Waals surface area (Å²) in [5.41, 5.74) is 2.05. The van der Waals surface area contributed by atoms with Gasteiger partial charge in [0.2, 0.25) is 0 Å². The van der Waals surface area contributed by atoms with Crippen molar-refractivity contribution in [3.8, 4) is 11.5 Å². The number of methoxy groups -OCH3 is 1. The Balaban J connectivity index is 2.08. The number of ether oxygens (including phenoxy) is 2. The molecule has 0 bridgehead atoms. The lowest BCUT2D eigenvalue weighted by Crippen LogP contribution is -1.98. The van der Waals surface area contributed by atoms with E-state index in [9.17, 15) is 0 Å². The standard InChI is InChI=1S/C15H14Cl2O2/c1-18-15-8-12(9-16)4-7-14(15)19-10-11-2-5-13(17)6-3-11/h2-8H,9-10H2,1H3. The highest BCUT2D eigenvalue weighted by Gasteiger charge is 2.05. The number of halogens is 2. The van der Waals surface area contributed by atoms with Gasteiger partial charge in [0.25, 0.3) is 0 Å². The van der Waals surface area contributed by atoms with Crippen LogP contribution in [0.15, 0.2) is 42.5 Å². The Hall–Kier alpha value is -1.38. The van der Waals surface area contributed by atoms with Crippen LogP contribution in [0.5, 0.6) is 11.5 Å². The summed E-state index contributed by atoms with van der Waals surface area (Å²) in [6.07, 6.45) is 0. The molecule has 0 aromatic heterocycles. The summed E-state index contributed by atoms with van der Waals surface area (Å²) in [6.45, 7) is 0.466. The molecule has 4 heteroatoms. The van der Waals surface area contributed by atoms with Gasteiger partial charge in [0.05, 0.1) is 7.11 Å².